The minimum absolute atomic E-state index is 0.228. The molecule has 0 bridgehead atoms. The third-order valence-electron chi connectivity index (χ3n) is 1.83. The van der Waals surface area contributed by atoms with Crippen LogP contribution in [0.1, 0.15) is 0 Å². The highest BCUT2D eigenvalue weighted by molar-refractivity contribution is 5.86. The Labute approximate surface area is 97.3 Å². The lowest BCUT2D eigenvalue weighted by molar-refractivity contribution is -0.136. The number of nitrogens with one attached hydrogen (secondary N) is 2. The van der Waals surface area contributed by atoms with Crippen LogP contribution in [-0.2, 0) is 9.53 Å². The highest BCUT2D eigenvalue weighted by atomic mass is 16.6. The largest absolute Gasteiger partial charge is 0.495 e. The SMILES string of the molecule is COc1ccccc1NCC(=O)OC(=O)NO. The average Bonchev–Trinajstić information content (AvgIpc) is 2.36. The molecule has 0 radical (unpaired) electrons. The number of carbonyl (C=O) groups excluding carboxylic acids is 2. The maximum Gasteiger partial charge on any atom is 0.438 e. The van der Waals surface area contributed by atoms with Gasteiger partial charge in [-0.2, -0.15) is 0 Å². The first-order chi connectivity index (χ1) is 8.17. The van der Waals surface area contributed by atoms with E-state index in [1.807, 2.05) is 0 Å². The molecule has 0 fully saturated rings. The number of hydroxylamine groups is 1. The molecule has 1 rings (SSSR count). The second kappa shape index (κ2) is 6.33. The van der Waals surface area contributed by atoms with Crippen molar-refractivity contribution in [2.24, 2.45) is 0 Å². The van der Waals surface area contributed by atoms with E-state index in [9.17, 15) is 9.59 Å². The van der Waals surface area contributed by atoms with Gasteiger partial charge in [-0.25, -0.2) is 15.1 Å². The summed E-state index contributed by atoms with van der Waals surface area (Å²) in [6.07, 6.45) is -1.23. The Morgan fingerprint density at radius 3 is 2.71 bits per heavy atom. The summed E-state index contributed by atoms with van der Waals surface area (Å²) >= 11 is 0. The van der Waals surface area contributed by atoms with Crippen LogP contribution in [0.5, 0.6) is 5.75 Å². The zero-order chi connectivity index (χ0) is 12.7. The lowest BCUT2D eigenvalue weighted by Gasteiger charge is -2.09. The summed E-state index contributed by atoms with van der Waals surface area (Å²) in [4.78, 5) is 21.6. The van der Waals surface area contributed by atoms with Gasteiger partial charge in [0, 0.05) is 0 Å². The molecule has 0 aliphatic carbocycles. The second-order valence-electron chi connectivity index (χ2n) is 2.93. The molecule has 1 aromatic rings. The van der Waals surface area contributed by atoms with Gasteiger partial charge in [0.2, 0.25) is 0 Å². The second-order valence-corrected chi connectivity index (χ2v) is 2.93. The van der Waals surface area contributed by atoms with Crippen molar-refractivity contribution in [2.45, 2.75) is 0 Å². The van der Waals surface area contributed by atoms with Gasteiger partial charge >= 0.3 is 12.1 Å². The molecule has 0 heterocycles. The van der Waals surface area contributed by atoms with Crippen LogP contribution in [0.4, 0.5) is 10.5 Å². The Bertz CT molecular complexity index is 407. The van der Waals surface area contributed by atoms with E-state index in [-0.39, 0.29) is 6.54 Å². The van der Waals surface area contributed by atoms with Crippen LogP contribution in [0.25, 0.3) is 0 Å². The Balaban J connectivity index is 2.50. The zero-order valence-electron chi connectivity index (χ0n) is 9.10. The standard InChI is InChI=1S/C10H12N2O5/c1-16-8-5-3-2-4-7(8)11-6-9(13)17-10(14)12-15/h2-5,11,15H,6H2,1H3,(H,12,14). The van der Waals surface area contributed by atoms with E-state index in [1.165, 1.54) is 12.6 Å². The molecule has 0 aliphatic rings. The van der Waals surface area contributed by atoms with Gasteiger partial charge in [-0.3, -0.25) is 5.21 Å². The van der Waals surface area contributed by atoms with Crippen molar-refractivity contribution in [3.05, 3.63) is 24.3 Å². The van der Waals surface area contributed by atoms with Crippen molar-refractivity contribution in [2.75, 3.05) is 19.0 Å². The summed E-state index contributed by atoms with van der Waals surface area (Å²) in [6, 6.07) is 6.96. The van der Waals surface area contributed by atoms with Gasteiger partial charge in [0.05, 0.1) is 12.8 Å². The Morgan fingerprint density at radius 2 is 2.06 bits per heavy atom. The lowest BCUT2D eigenvalue weighted by Crippen LogP contribution is -2.27. The molecule has 1 aromatic carbocycles. The minimum atomic E-state index is -1.23. The predicted octanol–water partition coefficient (Wildman–Crippen LogP) is 0.749. The molecule has 1 amide bonds. The normalized spacial score (nSPS) is 9.29. The maximum absolute atomic E-state index is 11.1. The first-order valence-corrected chi connectivity index (χ1v) is 4.69. The number of hydrogen-bond donors (Lipinski definition) is 3. The molecule has 0 aliphatic heterocycles. The summed E-state index contributed by atoms with van der Waals surface area (Å²) in [6.45, 7) is -0.228. The fourth-order valence-electron chi connectivity index (χ4n) is 1.12. The minimum Gasteiger partial charge on any atom is -0.495 e. The number of esters is 1. The quantitative estimate of drug-likeness (QED) is 0.311. The number of ether oxygens (including phenoxy) is 2. The molecule has 0 atom stereocenters. The molecular weight excluding hydrogens is 228 g/mol. The third kappa shape index (κ3) is 3.99. The number of hydrogen-bond acceptors (Lipinski definition) is 6. The fourth-order valence-corrected chi connectivity index (χ4v) is 1.12. The van der Waals surface area contributed by atoms with Gasteiger partial charge in [-0.15, -0.1) is 0 Å². The smallest absolute Gasteiger partial charge is 0.438 e. The number of carbonyl (C=O) groups is 2. The molecule has 0 spiro atoms. The van der Waals surface area contributed by atoms with Crippen LogP contribution in [0.15, 0.2) is 24.3 Å². The van der Waals surface area contributed by atoms with E-state index in [0.29, 0.717) is 11.4 Å². The molecule has 3 N–H and O–H groups in total. The van der Waals surface area contributed by atoms with Gasteiger partial charge in [0.1, 0.15) is 12.3 Å². The number of para-hydroxylation sites is 2. The van der Waals surface area contributed by atoms with Crippen molar-refractivity contribution < 1.29 is 24.3 Å². The zero-order valence-corrected chi connectivity index (χ0v) is 9.10. The fraction of sp³-hybridized carbons (Fsp3) is 0.200. The number of amides is 1. The Kier molecular flexibility index (Phi) is 4.77. The van der Waals surface area contributed by atoms with Crippen molar-refractivity contribution >= 4 is 17.7 Å². The number of benzene rings is 1. The first-order valence-electron chi connectivity index (χ1n) is 4.69. The van der Waals surface area contributed by atoms with Crippen LogP contribution >= 0.6 is 0 Å². The van der Waals surface area contributed by atoms with Crippen LogP contribution in [0, 0.1) is 0 Å². The van der Waals surface area contributed by atoms with Crippen LogP contribution in [-0.4, -0.2) is 30.9 Å². The van der Waals surface area contributed by atoms with Crippen molar-refractivity contribution in [1.29, 1.82) is 0 Å². The first kappa shape index (κ1) is 12.8. The maximum atomic E-state index is 11.1. The van der Waals surface area contributed by atoms with E-state index >= 15 is 0 Å². The lowest BCUT2D eigenvalue weighted by atomic mass is 10.3. The molecule has 17 heavy (non-hydrogen) atoms. The summed E-state index contributed by atoms with van der Waals surface area (Å²) in [5, 5.41) is 10.9. The molecule has 0 unspecified atom stereocenters. The molecule has 0 aromatic heterocycles. The topological polar surface area (TPSA) is 96.9 Å². The number of methoxy groups -OCH3 is 1. The van der Waals surface area contributed by atoms with Crippen LogP contribution in [0.2, 0.25) is 0 Å². The summed E-state index contributed by atoms with van der Waals surface area (Å²) in [5.74, 6) is -0.269. The van der Waals surface area contributed by atoms with Gasteiger partial charge < -0.3 is 14.8 Å². The molecule has 0 saturated carbocycles. The number of anilines is 1. The molecule has 7 nitrogen and oxygen atoms in total. The van der Waals surface area contributed by atoms with E-state index < -0.39 is 12.1 Å². The summed E-state index contributed by atoms with van der Waals surface area (Å²) in [5.41, 5.74) is 1.78. The van der Waals surface area contributed by atoms with Gasteiger partial charge in [-0.05, 0) is 12.1 Å². The summed E-state index contributed by atoms with van der Waals surface area (Å²) in [7, 11) is 1.50. The average molecular weight is 240 g/mol. The summed E-state index contributed by atoms with van der Waals surface area (Å²) < 4.78 is 9.20. The molecule has 92 valence electrons. The van der Waals surface area contributed by atoms with Crippen LogP contribution < -0.4 is 15.5 Å². The van der Waals surface area contributed by atoms with E-state index in [0.717, 1.165) is 0 Å². The Hall–Kier alpha value is -2.28. The van der Waals surface area contributed by atoms with Gasteiger partial charge in [0.25, 0.3) is 0 Å². The molecule has 7 heteroatoms. The van der Waals surface area contributed by atoms with E-state index in [4.69, 9.17) is 9.94 Å². The highest BCUT2D eigenvalue weighted by Gasteiger charge is 2.09. The van der Waals surface area contributed by atoms with Crippen molar-refractivity contribution in [3.63, 3.8) is 0 Å². The Morgan fingerprint density at radius 1 is 1.35 bits per heavy atom. The van der Waals surface area contributed by atoms with Gasteiger partial charge in [-0.1, -0.05) is 12.1 Å². The van der Waals surface area contributed by atoms with E-state index in [1.54, 1.807) is 24.3 Å². The van der Waals surface area contributed by atoms with Gasteiger partial charge in [0.15, 0.2) is 0 Å². The molecular formula is C10H12N2O5. The van der Waals surface area contributed by atoms with E-state index in [2.05, 4.69) is 10.1 Å². The third-order valence-corrected chi connectivity index (χ3v) is 1.83. The van der Waals surface area contributed by atoms with Crippen molar-refractivity contribution in [3.8, 4) is 5.75 Å². The predicted molar refractivity (Wildman–Crippen MR) is 57.9 cm³/mol. The number of rotatable bonds is 4. The molecule has 0 saturated heterocycles. The van der Waals surface area contributed by atoms with Crippen molar-refractivity contribution in [1.82, 2.24) is 5.48 Å². The van der Waals surface area contributed by atoms with Crippen LogP contribution in [0.3, 0.4) is 0 Å². The monoisotopic (exact) mass is 240 g/mol. The highest BCUT2D eigenvalue weighted by Crippen LogP contribution is 2.22.